The Morgan fingerprint density at radius 2 is 1.76 bits per heavy atom. The smallest absolute Gasteiger partial charge is 0.387 e. The summed E-state index contributed by atoms with van der Waals surface area (Å²) in [7, 11) is -2.47. The van der Waals surface area contributed by atoms with Gasteiger partial charge in [-0.1, -0.05) is 18.2 Å². The topological polar surface area (TPSA) is 106 Å². The van der Waals surface area contributed by atoms with E-state index in [0.717, 1.165) is 6.21 Å². The van der Waals surface area contributed by atoms with Gasteiger partial charge >= 0.3 is 6.61 Å². The molecule has 2 N–H and O–H groups in total. The van der Waals surface area contributed by atoms with Crippen molar-refractivity contribution >= 4 is 27.8 Å². The van der Waals surface area contributed by atoms with Crippen molar-refractivity contribution in [3.63, 3.8) is 0 Å². The number of amides is 1. The molecule has 0 radical (unpaired) electrons. The number of carbonyl (C=O) groups is 1. The molecule has 8 nitrogen and oxygen atoms in total. The van der Waals surface area contributed by atoms with Crippen molar-refractivity contribution in [2.75, 3.05) is 11.8 Å². The van der Waals surface area contributed by atoms with Crippen LogP contribution in [0.1, 0.15) is 15.9 Å². The minimum atomic E-state index is -3.97. The number of nitrogens with zero attached hydrogens (tertiary/aromatic N) is 1. The predicted molar refractivity (Wildman–Crippen MR) is 118 cm³/mol. The summed E-state index contributed by atoms with van der Waals surface area (Å²) in [5.74, 6) is -0.233. The van der Waals surface area contributed by atoms with Gasteiger partial charge in [-0.2, -0.15) is 13.9 Å². The maximum absolute atomic E-state index is 12.7. The number of halogens is 2. The summed E-state index contributed by atoms with van der Waals surface area (Å²) in [6.07, 6.45) is 1.14. The van der Waals surface area contributed by atoms with Gasteiger partial charge in [0.05, 0.1) is 18.2 Å². The lowest BCUT2D eigenvalue weighted by molar-refractivity contribution is -0.0499. The molecule has 3 aromatic rings. The van der Waals surface area contributed by atoms with Crippen LogP contribution in [0.15, 0.2) is 82.8 Å². The van der Waals surface area contributed by atoms with E-state index in [9.17, 15) is 22.0 Å². The van der Waals surface area contributed by atoms with E-state index in [0.29, 0.717) is 11.4 Å². The van der Waals surface area contributed by atoms with Gasteiger partial charge in [-0.3, -0.25) is 9.52 Å². The standard InChI is InChI=1S/C22H19F2N3O5S/c1-31-18-11-9-17(10-12-18)27-33(29,30)19-7-4-6-15(13-19)21(28)26-25-14-16-5-2-3-8-20(16)32-22(23)24/h2-14,22,27H,1H3,(H,26,28)/b25-14-. The first kappa shape index (κ1) is 23.7. The van der Waals surface area contributed by atoms with Gasteiger partial charge < -0.3 is 9.47 Å². The summed E-state index contributed by atoms with van der Waals surface area (Å²) in [4.78, 5) is 12.3. The highest BCUT2D eigenvalue weighted by molar-refractivity contribution is 7.92. The molecule has 3 aromatic carbocycles. The van der Waals surface area contributed by atoms with Gasteiger partial charge in [-0.15, -0.1) is 0 Å². The third-order valence-corrected chi connectivity index (χ3v) is 5.63. The molecular formula is C22H19F2N3O5S. The molecule has 0 heterocycles. The second-order valence-corrected chi connectivity index (χ2v) is 8.16. The van der Waals surface area contributed by atoms with E-state index in [-0.39, 0.29) is 21.8 Å². The molecule has 0 aliphatic heterocycles. The zero-order chi connectivity index (χ0) is 23.8. The van der Waals surface area contributed by atoms with Crippen LogP contribution in [0, 0.1) is 0 Å². The van der Waals surface area contributed by atoms with Gasteiger partial charge in [0.15, 0.2) is 0 Å². The number of rotatable bonds is 9. The van der Waals surface area contributed by atoms with Crippen LogP contribution in [0.5, 0.6) is 11.5 Å². The summed E-state index contributed by atoms with van der Waals surface area (Å²) in [5.41, 5.74) is 2.80. The molecule has 3 rings (SSSR count). The van der Waals surface area contributed by atoms with E-state index in [1.165, 1.54) is 61.7 Å². The maximum atomic E-state index is 12.7. The average Bonchev–Trinajstić information content (AvgIpc) is 2.80. The highest BCUT2D eigenvalue weighted by atomic mass is 32.2. The van der Waals surface area contributed by atoms with Crippen LogP contribution in [0.4, 0.5) is 14.5 Å². The molecule has 0 aliphatic carbocycles. The van der Waals surface area contributed by atoms with E-state index in [1.807, 2.05) is 0 Å². The normalized spacial score (nSPS) is 11.4. The first-order valence-corrected chi connectivity index (χ1v) is 10.9. The molecular weight excluding hydrogens is 456 g/mol. The number of methoxy groups -OCH3 is 1. The molecule has 0 saturated heterocycles. The molecule has 172 valence electrons. The summed E-state index contributed by atoms with van der Waals surface area (Å²) in [5, 5.41) is 3.74. The first-order chi connectivity index (χ1) is 15.8. The van der Waals surface area contributed by atoms with Crippen LogP contribution < -0.4 is 19.6 Å². The van der Waals surface area contributed by atoms with E-state index in [1.54, 1.807) is 18.2 Å². The number of hydrazone groups is 1. The van der Waals surface area contributed by atoms with Gasteiger partial charge in [-0.05, 0) is 54.6 Å². The quantitative estimate of drug-likeness (QED) is 0.361. The number of hydrogen-bond donors (Lipinski definition) is 2. The van der Waals surface area contributed by atoms with Gasteiger partial charge in [0, 0.05) is 16.8 Å². The molecule has 0 aliphatic rings. The molecule has 33 heavy (non-hydrogen) atoms. The zero-order valence-corrected chi connectivity index (χ0v) is 18.1. The molecule has 0 spiro atoms. The number of para-hydroxylation sites is 1. The number of nitrogens with one attached hydrogen (secondary N) is 2. The Labute approximate surface area is 188 Å². The third kappa shape index (κ3) is 6.50. The fraction of sp³-hybridized carbons (Fsp3) is 0.0909. The summed E-state index contributed by atoms with van der Waals surface area (Å²) in [6.45, 7) is -3.01. The van der Waals surface area contributed by atoms with Crippen molar-refractivity contribution in [3.8, 4) is 11.5 Å². The van der Waals surface area contributed by atoms with Gasteiger partial charge in [0.25, 0.3) is 15.9 Å². The van der Waals surface area contributed by atoms with Crippen LogP contribution >= 0.6 is 0 Å². The molecule has 0 aromatic heterocycles. The Bertz CT molecular complexity index is 1250. The van der Waals surface area contributed by atoms with Crippen LogP contribution in [-0.2, 0) is 10.0 Å². The van der Waals surface area contributed by atoms with E-state index in [2.05, 4.69) is 20.0 Å². The monoisotopic (exact) mass is 475 g/mol. The number of carbonyl (C=O) groups excluding carboxylic acids is 1. The molecule has 0 unspecified atom stereocenters. The average molecular weight is 475 g/mol. The minimum absolute atomic E-state index is 0.0295. The highest BCUT2D eigenvalue weighted by Crippen LogP contribution is 2.20. The Morgan fingerprint density at radius 1 is 1.03 bits per heavy atom. The fourth-order valence-electron chi connectivity index (χ4n) is 2.69. The van der Waals surface area contributed by atoms with Crippen LogP contribution in [0.2, 0.25) is 0 Å². The summed E-state index contributed by atoms with van der Waals surface area (Å²) in [6, 6.07) is 17.5. The Kier molecular flexibility index (Phi) is 7.57. The van der Waals surface area contributed by atoms with Gasteiger partial charge in [0.1, 0.15) is 11.5 Å². The first-order valence-electron chi connectivity index (χ1n) is 9.42. The third-order valence-electron chi connectivity index (χ3n) is 4.25. The molecule has 11 heteroatoms. The maximum Gasteiger partial charge on any atom is 0.387 e. The Hall–Kier alpha value is -3.99. The number of benzene rings is 3. The van der Waals surface area contributed by atoms with Gasteiger partial charge in [-0.25, -0.2) is 13.8 Å². The number of anilines is 1. The summed E-state index contributed by atoms with van der Waals surface area (Å²) < 4.78 is 62.2. The van der Waals surface area contributed by atoms with Crippen LogP contribution in [-0.4, -0.2) is 34.3 Å². The predicted octanol–water partition coefficient (Wildman–Crippen LogP) is 3.86. The highest BCUT2D eigenvalue weighted by Gasteiger charge is 2.17. The van der Waals surface area contributed by atoms with Crippen LogP contribution in [0.25, 0.3) is 0 Å². The van der Waals surface area contributed by atoms with Crippen molar-refractivity contribution in [1.29, 1.82) is 0 Å². The van der Waals surface area contributed by atoms with Crippen molar-refractivity contribution in [3.05, 3.63) is 83.9 Å². The fourth-order valence-corrected chi connectivity index (χ4v) is 3.80. The number of sulfonamides is 1. The van der Waals surface area contributed by atoms with Crippen molar-refractivity contribution in [1.82, 2.24) is 5.43 Å². The lowest BCUT2D eigenvalue weighted by Gasteiger charge is -2.10. The SMILES string of the molecule is COc1ccc(NS(=O)(=O)c2cccc(C(=O)N/N=C\c3ccccc3OC(F)F)c2)cc1. The molecule has 0 atom stereocenters. The second-order valence-electron chi connectivity index (χ2n) is 6.48. The van der Waals surface area contributed by atoms with Crippen molar-refractivity contribution < 1.29 is 31.5 Å². The lowest BCUT2D eigenvalue weighted by atomic mass is 10.2. The van der Waals surface area contributed by atoms with E-state index < -0.39 is 22.5 Å². The molecule has 0 fully saturated rings. The summed E-state index contributed by atoms with van der Waals surface area (Å²) >= 11 is 0. The second kappa shape index (κ2) is 10.6. The minimum Gasteiger partial charge on any atom is -0.497 e. The van der Waals surface area contributed by atoms with E-state index >= 15 is 0 Å². The van der Waals surface area contributed by atoms with E-state index in [4.69, 9.17) is 4.74 Å². The largest absolute Gasteiger partial charge is 0.497 e. The number of alkyl halides is 2. The zero-order valence-electron chi connectivity index (χ0n) is 17.2. The Morgan fingerprint density at radius 3 is 2.45 bits per heavy atom. The molecule has 0 saturated carbocycles. The van der Waals surface area contributed by atoms with Gasteiger partial charge in [0.2, 0.25) is 0 Å². The number of ether oxygens (including phenoxy) is 2. The van der Waals surface area contributed by atoms with Crippen LogP contribution in [0.3, 0.4) is 0 Å². The van der Waals surface area contributed by atoms with Crippen molar-refractivity contribution in [2.24, 2.45) is 5.10 Å². The number of hydrogen-bond acceptors (Lipinski definition) is 6. The molecule has 1 amide bonds. The Balaban J connectivity index is 1.71. The molecule has 0 bridgehead atoms. The van der Waals surface area contributed by atoms with Crippen molar-refractivity contribution in [2.45, 2.75) is 11.5 Å². The lowest BCUT2D eigenvalue weighted by Crippen LogP contribution is -2.19.